The number of methoxy groups -OCH3 is 1. The fourth-order valence-corrected chi connectivity index (χ4v) is 2.56. The summed E-state index contributed by atoms with van der Waals surface area (Å²) < 4.78 is 5.11. The largest absolute Gasteiger partial charge is 0.481 e. The van der Waals surface area contributed by atoms with Crippen LogP contribution < -0.4 is 5.32 Å². The van der Waals surface area contributed by atoms with E-state index in [0.29, 0.717) is 26.1 Å². The van der Waals surface area contributed by atoms with Gasteiger partial charge in [-0.2, -0.15) is 0 Å². The lowest BCUT2D eigenvalue weighted by Gasteiger charge is -2.35. The van der Waals surface area contributed by atoms with Crippen molar-refractivity contribution in [2.24, 2.45) is 17.3 Å². The summed E-state index contributed by atoms with van der Waals surface area (Å²) in [6, 6.07) is -0.188. The smallest absolute Gasteiger partial charge is 0.317 e. The molecule has 6 nitrogen and oxygen atoms in total. The first-order valence-corrected chi connectivity index (χ1v) is 6.99. The minimum atomic E-state index is -0.825. The summed E-state index contributed by atoms with van der Waals surface area (Å²) in [4.78, 5) is 24.8. The molecule has 1 heterocycles. The predicted octanol–water partition coefficient (Wildman–Crippen LogP) is 1.41. The third-order valence-corrected chi connectivity index (χ3v) is 3.55. The molecule has 2 N–H and O–H groups in total. The van der Waals surface area contributed by atoms with Gasteiger partial charge in [0.15, 0.2) is 0 Å². The molecule has 1 saturated heterocycles. The van der Waals surface area contributed by atoms with E-state index < -0.39 is 11.9 Å². The molecule has 1 rings (SSSR count). The molecule has 0 aromatic carbocycles. The van der Waals surface area contributed by atoms with Crippen LogP contribution in [0.25, 0.3) is 0 Å². The Bertz CT molecular complexity index is 357. The van der Waals surface area contributed by atoms with Crippen molar-refractivity contribution >= 4 is 12.0 Å². The van der Waals surface area contributed by atoms with Crippen LogP contribution in [0.1, 0.15) is 27.2 Å². The van der Waals surface area contributed by atoms with Crippen LogP contribution in [0.15, 0.2) is 0 Å². The molecule has 2 atom stereocenters. The zero-order chi connectivity index (χ0) is 15.3. The third kappa shape index (κ3) is 5.00. The number of amides is 2. The Labute approximate surface area is 120 Å². The molecule has 1 fully saturated rings. The lowest BCUT2D eigenvalue weighted by Crippen LogP contribution is -2.51. The number of ether oxygens (including phenoxy) is 1. The average Bonchev–Trinajstić information content (AvgIpc) is 2.35. The van der Waals surface area contributed by atoms with Crippen LogP contribution in [0.2, 0.25) is 0 Å². The second-order valence-electron chi connectivity index (χ2n) is 6.54. The molecular formula is C14H26N2O4. The van der Waals surface area contributed by atoms with Gasteiger partial charge < -0.3 is 20.1 Å². The molecule has 0 saturated carbocycles. The SMILES string of the molecule is COCC(C)(C)CNC(=O)N1CC(C)CC(C(=O)O)C1. The fraction of sp³-hybridized carbons (Fsp3) is 0.857. The van der Waals surface area contributed by atoms with Crippen molar-refractivity contribution in [3.05, 3.63) is 0 Å². The van der Waals surface area contributed by atoms with Crippen molar-refractivity contribution in [3.8, 4) is 0 Å². The van der Waals surface area contributed by atoms with E-state index in [1.807, 2.05) is 20.8 Å². The number of aliphatic carboxylic acids is 1. The number of carbonyl (C=O) groups excluding carboxylic acids is 1. The van der Waals surface area contributed by atoms with Crippen molar-refractivity contribution in [2.45, 2.75) is 27.2 Å². The number of nitrogens with one attached hydrogen (secondary N) is 1. The molecule has 6 heteroatoms. The van der Waals surface area contributed by atoms with Crippen molar-refractivity contribution in [1.82, 2.24) is 10.2 Å². The number of carboxylic acid groups (broad SMARTS) is 1. The average molecular weight is 286 g/mol. The normalized spacial score (nSPS) is 23.5. The van der Waals surface area contributed by atoms with E-state index in [0.717, 1.165) is 0 Å². The van der Waals surface area contributed by atoms with E-state index in [9.17, 15) is 9.59 Å². The summed E-state index contributed by atoms with van der Waals surface area (Å²) in [5.74, 6) is -1.08. The second kappa shape index (κ2) is 6.92. The highest BCUT2D eigenvalue weighted by atomic mass is 16.5. The molecule has 2 amide bonds. The van der Waals surface area contributed by atoms with Crippen LogP contribution in [-0.4, -0.2) is 55.4 Å². The van der Waals surface area contributed by atoms with Crippen LogP contribution in [0.4, 0.5) is 4.79 Å². The van der Waals surface area contributed by atoms with Crippen molar-refractivity contribution in [2.75, 3.05) is 33.4 Å². The lowest BCUT2D eigenvalue weighted by atomic mass is 9.90. The Hall–Kier alpha value is -1.30. The van der Waals surface area contributed by atoms with Gasteiger partial charge in [-0.25, -0.2) is 4.79 Å². The Morgan fingerprint density at radius 3 is 2.60 bits per heavy atom. The van der Waals surface area contributed by atoms with Gasteiger partial charge in [-0.05, 0) is 12.3 Å². The van der Waals surface area contributed by atoms with Gasteiger partial charge >= 0.3 is 12.0 Å². The maximum absolute atomic E-state index is 12.1. The number of rotatable bonds is 5. The molecule has 0 bridgehead atoms. The summed E-state index contributed by atoms with van der Waals surface area (Å²) in [6.07, 6.45) is 0.633. The third-order valence-electron chi connectivity index (χ3n) is 3.55. The molecule has 1 aliphatic rings. The molecular weight excluding hydrogens is 260 g/mol. The summed E-state index contributed by atoms with van der Waals surface area (Å²) >= 11 is 0. The van der Waals surface area contributed by atoms with Crippen LogP contribution in [0, 0.1) is 17.3 Å². The predicted molar refractivity (Wildman–Crippen MR) is 75.5 cm³/mol. The number of piperidine rings is 1. The van der Waals surface area contributed by atoms with E-state index in [2.05, 4.69) is 5.32 Å². The highest BCUT2D eigenvalue weighted by Crippen LogP contribution is 2.22. The van der Waals surface area contributed by atoms with E-state index in [1.54, 1.807) is 12.0 Å². The van der Waals surface area contributed by atoms with E-state index in [4.69, 9.17) is 9.84 Å². The van der Waals surface area contributed by atoms with Gasteiger partial charge in [0.05, 0.1) is 12.5 Å². The van der Waals surface area contributed by atoms with Crippen LogP contribution in [0.3, 0.4) is 0 Å². The number of hydrogen-bond acceptors (Lipinski definition) is 3. The minimum Gasteiger partial charge on any atom is -0.481 e. The lowest BCUT2D eigenvalue weighted by molar-refractivity contribution is -0.143. The standard InChI is InChI=1S/C14H26N2O4/c1-10-5-11(12(17)18)7-16(6-10)13(19)15-8-14(2,3)9-20-4/h10-11H,5-9H2,1-4H3,(H,15,19)(H,17,18). The van der Waals surface area contributed by atoms with Crippen molar-refractivity contribution in [1.29, 1.82) is 0 Å². The molecule has 20 heavy (non-hydrogen) atoms. The van der Waals surface area contributed by atoms with E-state index in [-0.39, 0.29) is 23.9 Å². The van der Waals surface area contributed by atoms with Crippen LogP contribution in [0.5, 0.6) is 0 Å². The number of carboxylic acids is 1. The Morgan fingerprint density at radius 2 is 2.05 bits per heavy atom. The molecule has 116 valence electrons. The summed E-state index contributed by atoms with van der Waals surface area (Å²) in [7, 11) is 1.63. The molecule has 0 aliphatic carbocycles. The second-order valence-corrected chi connectivity index (χ2v) is 6.54. The number of likely N-dealkylation sites (tertiary alicyclic amines) is 1. The van der Waals surface area contributed by atoms with E-state index in [1.165, 1.54) is 0 Å². The summed E-state index contributed by atoms with van der Waals surface area (Å²) in [6.45, 7) is 7.95. The first-order valence-electron chi connectivity index (χ1n) is 6.99. The summed E-state index contributed by atoms with van der Waals surface area (Å²) in [5, 5.41) is 12.0. The number of carbonyl (C=O) groups is 2. The topological polar surface area (TPSA) is 78.9 Å². The maximum Gasteiger partial charge on any atom is 0.317 e. The monoisotopic (exact) mass is 286 g/mol. The zero-order valence-corrected chi connectivity index (χ0v) is 12.8. The first-order chi connectivity index (χ1) is 9.25. The Kier molecular flexibility index (Phi) is 5.80. The zero-order valence-electron chi connectivity index (χ0n) is 12.8. The van der Waals surface area contributed by atoms with Crippen molar-refractivity contribution in [3.63, 3.8) is 0 Å². The number of nitrogens with zero attached hydrogens (tertiary/aromatic N) is 1. The van der Waals surface area contributed by atoms with E-state index >= 15 is 0 Å². The highest BCUT2D eigenvalue weighted by Gasteiger charge is 2.32. The van der Waals surface area contributed by atoms with Gasteiger partial charge in [-0.15, -0.1) is 0 Å². The highest BCUT2D eigenvalue weighted by molar-refractivity contribution is 5.76. The number of urea groups is 1. The van der Waals surface area contributed by atoms with Gasteiger partial charge in [0.2, 0.25) is 0 Å². The van der Waals surface area contributed by atoms with Gasteiger partial charge in [0.1, 0.15) is 0 Å². The molecule has 0 aromatic rings. The minimum absolute atomic E-state index is 0.141. The molecule has 0 aromatic heterocycles. The Morgan fingerprint density at radius 1 is 1.40 bits per heavy atom. The van der Waals surface area contributed by atoms with Crippen LogP contribution in [-0.2, 0) is 9.53 Å². The first kappa shape index (κ1) is 16.8. The quantitative estimate of drug-likeness (QED) is 0.801. The van der Waals surface area contributed by atoms with Gasteiger partial charge in [-0.3, -0.25) is 4.79 Å². The molecule has 2 unspecified atom stereocenters. The summed E-state index contributed by atoms with van der Waals surface area (Å²) in [5.41, 5.74) is -0.141. The molecule has 0 spiro atoms. The van der Waals surface area contributed by atoms with Gasteiger partial charge in [0.25, 0.3) is 0 Å². The molecule has 0 radical (unpaired) electrons. The van der Waals surface area contributed by atoms with Crippen LogP contribution >= 0.6 is 0 Å². The van der Waals surface area contributed by atoms with Crippen molar-refractivity contribution < 1.29 is 19.4 Å². The van der Waals surface area contributed by atoms with Gasteiger partial charge in [-0.1, -0.05) is 20.8 Å². The Balaban J connectivity index is 2.52. The van der Waals surface area contributed by atoms with Gasteiger partial charge in [0, 0.05) is 32.2 Å². The molecule has 1 aliphatic heterocycles. The fourth-order valence-electron chi connectivity index (χ4n) is 2.56. The maximum atomic E-state index is 12.1. The number of hydrogen-bond donors (Lipinski definition) is 2.